The van der Waals surface area contributed by atoms with Crippen molar-refractivity contribution in [1.29, 1.82) is 0 Å². The highest BCUT2D eigenvalue weighted by atomic mass is 16.5. The molecule has 1 unspecified atom stereocenters. The van der Waals surface area contributed by atoms with Crippen LogP contribution in [-0.2, 0) is 4.74 Å². The van der Waals surface area contributed by atoms with Crippen LogP contribution in [0, 0.1) is 0 Å². The second-order valence-electron chi connectivity index (χ2n) is 3.14. The van der Waals surface area contributed by atoms with Crippen molar-refractivity contribution in [1.82, 2.24) is 0 Å². The summed E-state index contributed by atoms with van der Waals surface area (Å²) < 4.78 is 5.55. The quantitative estimate of drug-likeness (QED) is 0.597. The van der Waals surface area contributed by atoms with E-state index >= 15 is 0 Å². The molecule has 70 valence electrons. The van der Waals surface area contributed by atoms with Gasteiger partial charge in [-0.05, 0) is 27.2 Å². The number of hydrogen-bond donors (Lipinski definition) is 0. The zero-order valence-corrected chi connectivity index (χ0v) is 7.68. The predicted octanol–water partition coefficient (Wildman–Crippen LogP) is 3.63. The monoisotopic (exact) mass is 160 g/mol. The maximum absolute atomic E-state index is 5.55. The molecule has 0 radical (unpaired) electrons. The number of rotatable bonds is 5. The van der Waals surface area contributed by atoms with Gasteiger partial charge in [-0.2, -0.15) is 0 Å². The van der Waals surface area contributed by atoms with Crippen molar-refractivity contribution in [2.45, 2.75) is 66.6 Å². The molecule has 0 aromatic rings. The Balaban J connectivity index is 0. The van der Waals surface area contributed by atoms with E-state index < -0.39 is 0 Å². The summed E-state index contributed by atoms with van der Waals surface area (Å²) in [6.07, 6.45) is 4.58. The summed E-state index contributed by atoms with van der Waals surface area (Å²) in [4.78, 5) is 0. The summed E-state index contributed by atoms with van der Waals surface area (Å²) >= 11 is 0. The molecule has 0 heterocycles. The molecule has 0 rings (SSSR count). The van der Waals surface area contributed by atoms with Crippen molar-refractivity contribution < 1.29 is 4.74 Å². The predicted molar refractivity (Wildman–Crippen MR) is 51.9 cm³/mol. The highest BCUT2D eigenvalue weighted by molar-refractivity contribution is 4.51. The highest BCUT2D eigenvalue weighted by Gasteiger charge is 2.02. The molecular weight excluding hydrogens is 136 g/mol. The van der Waals surface area contributed by atoms with E-state index in [4.69, 9.17) is 4.74 Å². The van der Waals surface area contributed by atoms with E-state index in [1.807, 2.05) is 0 Å². The summed E-state index contributed by atoms with van der Waals surface area (Å²) in [5.41, 5.74) is 0. The van der Waals surface area contributed by atoms with Crippen LogP contribution in [0.5, 0.6) is 0 Å². The molecule has 0 saturated heterocycles. The Morgan fingerprint density at radius 1 is 1.18 bits per heavy atom. The molecule has 11 heavy (non-hydrogen) atoms. The Hall–Kier alpha value is -0.0400. The fourth-order valence-electron chi connectivity index (χ4n) is 1.02. The third-order valence-electron chi connectivity index (χ3n) is 1.47. The van der Waals surface area contributed by atoms with Gasteiger partial charge in [0.05, 0.1) is 12.2 Å². The van der Waals surface area contributed by atoms with E-state index in [1.165, 1.54) is 19.3 Å². The van der Waals surface area contributed by atoms with Crippen LogP contribution in [0.2, 0.25) is 0 Å². The molecule has 1 nitrogen and oxygen atoms in total. The van der Waals surface area contributed by atoms with Crippen LogP contribution in [-0.4, -0.2) is 12.2 Å². The zero-order valence-electron chi connectivity index (χ0n) is 7.68. The Kier molecular flexibility index (Phi) is 9.92. The Morgan fingerprint density at radius 2 is 1.73 bits per heavy atom. The maximum atomic E-state index is 5.55. The molecule has 1 heteroatoms. The normalized spacial score (nSPS) is 12.8. The molecule has 0 aliphatic heterocycles. The molecule has 0 saturated carbocycles. The summed E-state index contributed by atoms with van der Waals surface area (Å²) in [5.74, 6) is 0. The molecule has 0 aromatic carbocycles. The van der Waals surface area contributed by atoms with Gasteiger partial charge in [0.1, 0.15) is 0 Å². The molecular formula is C10H24O. The second-order valence-corrected chi connectivity index (χ2v) is 3.14. The van der Waals surface area contributed by atoms with Crippen LogP contribution in [0.15, 0.2) is 0 Å². The Morgan fingerprint density at radius 3 is 2.09 bits per heavy atom. The lowest BCUT2D eigenvalue weighted by molar-refractivity contribution is 0.0133. The van der Waals surface area contributed by atoms with Crippen LogP contribution in [0.25, 0.3) is 0 Å². The molecule has 0 aliphatic carbocycles. The standard InChI is InChI=1S/C9H20O.CH4/c1-5-6-7-9(4)10-8(2)3;/h8-9H,5-7H2,1-4H3;1H4. The highest BCUT2D eigenvalue weighted by Crippen LogP contribution is 2.05. The van der Waals surface area contributed by atoms with Gasteiger partial charge in [0.2, 0.25) is 0 Å². The van der Waals surface area contributed by atoms with Crippen molar-refractivity contribution in [2.75, 3.05) is 0 Å². The summed E-state index contributed by atoms with van der Waals surface area (Å²) in [6.45, 7) is 8.53. The smallest absolute Gasteiger partial charge is 0.0550 e. The SMILES string of the molecule is C.CCCCC(C)OC(C)C. The van der Waals surface area contributed by atoms with Crippen molar-refractivity contribution in [3.63, 3.8) is 0 Å². The van der Waals surface area contributed by atoms with E-state index in [1.54, 1.807) is 0 Å². The lowest BCUT2D eigenvalue weighted by Gasteiger charge is -2.14. The molecule has 0 N–H and O–H groups in total. The fourth-order valence-corrected chi connectivity index (χ4v) is 1.02. The van der Waals surface area contributed by atoms with Crippen LogP contribution in [0.4, 0.5) is 0 Å². The number of unbranched alkanes of at least 4 members (excludes halogenated alkanes) is 1. The Bertz CT molecular complexity index is 69.3. The van der Waals surface area contributed by atoms with E-state index in [9.17, 15) is 0 Å². The maximum Gasteiger partial charge on any atom is 0.0550 e. The largest absolute Gasteiger partial charge is 0.376 e. The van der Waals surface area contributed by atoms with Crippen LogP contribution < -0.4 is 0 Å². The van der Waals surface area contributed by atoms with Crippen molar-refractivity contribution >= 4 is 0 Å². The van der Waals surface area contributed by atoms with Gasteiger partial charge < -0.3 is 4.74 Å². The first-order chi connectivity index (χ1) is 4.66. The summed E-state index contributed by atoms with van der Waals surface area (Å²) in [6, 6.07) is 0. The van der Waals surface area contributed by atoms with Gasteiger partial charge >= 0.3 is 0 Å². The Labute approximate surface area is 72.1 Å². The lowest BCUT2D eigenvalue weighted by Crippen LogP contribution is -2.13. The van der Waals surface area contributed by atoms with Gasteiger partial charge in [0.25, 0.3) is 0 Å². The second kappa shape index (κ2) is 8.06. The molecule has 0 aromatic heterocycles. The van der Waals surface area contributed by atoms with Gasteiger partial charge in [0, 0.05) is 0 Å². The lowest BCUT2D eigenvalue weighted by atomic mass is 10.2. The third kappa shape index (κ3) is 9.96. The van der Waals surface area contributed by atoms with Crippen LogP contribution in [0.1, 0.15) is 54.4 Å². The van der Waals surface area contributed by atoms with E-state index in [2.05, 4.69) is 27.7 Å². The van der Waals surface area contributed by atoms with Crippen molar-refractivity contribution in [3.8, 4) is 0 Å². The van der Waals surface area contributed by atoms with Crippen molar-refractivity contribution in [2.24, 2.45) is 0 Å². The molecule has 0 bridgehead atoms. The molecule has 0 fully saturated rings. The van der Waals surface area contributed by atoms with Crippen LogP contribution >= 0.6 is 0 Å². The van der Waals surface area contributed by atoms with E-state index in [-0.39, 0.29) is 7.43 Å². The minimum Gasteiger partial charge on any atom is -0.376 e. The molecule has 0 amide bonds. The summed E-state index contributed by atoms with van der Waals surface area (Å²) in [5, 5.41) is 0. The average Bonchev–Trinajstić information content (AvgIpc) is 1.82. The minimum absolute atomic E-state index is 0. The van der Waals surface area contributed by atoms with Crippen molar-refractivity contribution in [3.05, 3.63) is 0 Å². The van der Waals surface area contributed by atoms with Gasteiger partial charge in [-0.15, -0.1) is 0 Å². The summed E-state index contributed by atoms with van der Waals surface area (Å²) in [7, 11) is 0. The van der Waals surface area contributed by atoms with Crippen LogP contribution in [0.3, 0.4) is 0 Å². The van der Waals surface area contributed by atoms with Gasteiger partial charge in [-0.1, -0.05) is 27.2 Å². The first-order valence-corrected chi connectivity index (χ1v) is 4.32. The molecule has 1 atom stereocenters. The van der Waals surface area contributed by atoms with E-state index in [0.717, 1.165) is 0 Å². The van der Waals surface area contributed by atoms with Gasteiger partial charge in [-0.25, -0.2) is 0 Å². The first kappa shape index (κ1) is 13.5. The molecule has 0 aliphatic rings. The fraction of sp³-hybridized carbons (Fsp3) is 1.00. The first-order valence-electron chi connectivity index (χ1n) is 4.32. The zero-order chi connectivity index (χ0) is 7.98. The molecule has 0 spiro atoms. The van der Waals surface area contributed by atoms with Gasteiger partial charge in [0.15, 0.2) is 0 Å². The topological polar surface area (TPSA) is 9.23 Å². The number of hydrogen-bond acceptors (Lipinski definition) is 1. The number of ether oxygens (including phenoxy) is 1. The minimum atomic E-state index is 0. The van der Waals surface area contributed by atoms with Gasteiger partial charge in [-0.3, -0.25) is 0 Å². The third-order valence-corrected chi connectivity index (χ3v) is 1.47. The average molecular weight is 160 g/mol. The van der Waals surface area contributed by atoms with E-state index in [0.29, 0.717) is 12.2 Å².